The molecule has 1 amide bonds. The second kappa shape index (κ2) is 6.02. The van der Waals surface area contributed by atoms with Gasteiger partial charge in [0.15, 0.2) is 6.67 Å². The SMILES string of the molecule is CCc1ccc2c(c1)C(=O)C(=O)N2C[NH+](C)Cc1ccsc1. The van der Waals surface area contributed by atoms with Crippen molar-refractivity contribution in [2.75, 3.05) is 18.6 Å². The maximum absolute atomic E-state index is 12.3. The fourth-order valence-electron chi connectivity index (χ4n) is 2.79. The molecule has 0 saturated carbocycles. The summed E-state index contributed by atoms with van der Waals surface area (Å²) in [5.74, 6) is -0.790. The third kappa shape index (κ3) is 2.69. The lowest BCUT2D eigenvalue weighted by atomic mass is 10.1. The highest BCUT2D eigenvalue weighted by atomic mass is 32.1. The maximum atomic E-state index is 12.3. The Balaban J connectivity index is 1.80. The maximum Gasteiger partial charge on any atom is 0.303 e. The van der Waals surface area contributed by atoms with Crippen molar-refractivity contribution in [2.24, 2.45) is 0 Å². The van der Waals surface area contributed by atoms with Crippen LogP contribution in [0.1, 0.15) is 28.4 Å². The normalized spacial score (nSPS) is 15.3. The van der Waals surface area contributed by atoms with Crippen LogP contribution in [0.4, 0.5) is 5.69 Å². The summed E-state index contributed by atoms with van der Waals surface area (Å²) in [6.07, 6.45) is 0.859. The van der Waals surface area contributed by atoms with Gasteiger partial charge in [-0.05, 0) is 40.9 Å². The van der Waals surface area contributed by atoms with Crippen molar-refractivity contribution >= 4 is 28.7 Å². The van der Waals surface area contributed by atoms with E-state index in [1.807, 2.05) is 32.2 Å². The van der Waals surface area contributed by atoms with E-state index in [9.17, 15) is 9.59 Å². The van der Waals surface area contributed by atoms with Crippen LogP contribution >= 0.6 is 11.3 Å². The largest absolute Gasteiger partial charge is 0.316 e. The number of carbonyl (C=O) groups excluding carboxylic acids is 2. The van der Waals surface area contributed by atoms with Gasteiger partial charge in [-0.1, -0.05) is 13.0 Å². The first-order valence-electron chi connectivity index (χ1n) is 7.41. The number of ketones is 1. The van der Waals surface area contributed by atoms with Crippen molar-refractivity contribution in [3.05, 3.63) is 51.7 Å². The van der Waals surface area contributed by atoms with E-state index in [2.05, 4.69) is 16.8 Å². The molecule has 1 atom stereocenters. The molecule has 2 aromatic rings. The molecule has 0 saturated heterocycles. The fraction of sp³-hybridized carbons (Fsp3) is 0.294. The zero-order chi connectivity index (χ0) is 15.7. The number of nitrogens with zero attached hydrogens (tertiary/aromatic N) is 1. The average molecular weight is 315 g/mol. The summed E-state index contributed by atoms with van der Waals surface area (Å²) in [6, 6.07) is 7.83. The van der Waals surface area contributed by atoms with Gasteiger partial charge in [-0.2, -0.15) is 11.3 Å². The summed E-state index contributed by atoms with van der Waals surface area (Å²) in [4.78, 5) is 27.2. The molecule has 3 rings (SSSR count). The minimum absolute atomic E-state index is 0.381. The number of Topliss-reactive ketones (excluding diaryl/α,β-unsaturated/α-hetero) is 1. The van der Waals surface area contributed by atoms with E-state index in [0.717, 1.165) is 24.2 Å². The van der Waals surface area contributed by atoms with Gasteiger partial charge in [0.25, 0.3) is 5.78 Å². The van der Waals surface area contributed by atoms with Crippen LogP contribution in [0.5, 0.6) is 0 Å². The molecule has 1 unspecified atom stereocenters. The number of fused-ring (bicyclic) bond motifs is 1. The lowest BCUT2D eigenvalue weighted by Gasteiger charge is -2.21. The molecule has 1 aliphatic rings. The van der Waals surface area contributed by atoms with Crippen LogP contribution in [0.3, 0.4) is 0 Å². The highest BCUT2D eigenvalue weighted by Crippen LogP contribution is 2.29. The second-order valence-corrected chi connectivity index (χ2v) is 6.47. The third-order valence-corrected chi connectivity index (χ3v) is 4.69. The highest BCUT2D eigenvalue weighted by Gasteiger charge is 2.37. The summed E-state index contributed by atoms with van der Waals surface area (Å²) >= 11 is 1.67. The van der Waals surface area contributed by atoms with E-state index in [0.29, 0.717) is 12.2 Å². The first kappa shape index (κ1) is 14.9. The van der Waals surface area contributed by atoms with Gasteiger partial charge in [-0.25, -0.2) is 0 Å². The molecule has 1 aliphatic heterocycles. The first-order chi connectivity index (χ1) is 10.6. The van der Waals surface area contributed by atoms with Crippen LogP contribution < -0.4 is 9.80 Å². The van der Waals surface area contributed by atoms with E-state index in [4.69, 9.17) is 0 Å². The smallest absolute Gasteiger partial charge is 0.303 e. The quantitative estimate of drug-likeness (QED) is 0.850. The Hall–Kier alpha value is -1.98. The predicted octanol–water partition coefficient (Wildman–Crippen LogP) is 1.51. The molecular formula is C17H19N2O2S+. The summed E-state index contributed by atoms with van der Waals surface area (Å²) in [6.45, 7) is 3.38. The van der Waals surface area contributed by atoms with Crippen molar-refractivity contribution < 1.29 is 14.5 Å². The summed E-state index contributed by atoms with van der Waals surface area (Å²) in [7, 11) is 2.04. The van der Waals surface area contributed by atoms with Crippen molar-refractivity contribution in [2.45, 2.75) is 19.9 Å². The van der Waals surface area contributed by atoms with Crippen LogP contribution in [-0.4, -0.2) is 25.4 Å². The van der Waals surface area contributed by atoms with Crippen LogP contribution in [0.2, 0.25) is 0 Å². The van der Waals surface area contributed by atoms with Gasteiger partial charge in [-0.3, -0.25) is 14.5 Å². The van der Waals surface area contributed by atoms with Gasteiger partial charge in [0, 0.05) is 5.56 Å². The molecule has 0 aliphatic carbocycles. The van der Waals surface area contributed by atoms with Gasteiger partial charge in [-0.15, -0.1) is 0 Å². The minimum atomic E-state index is -0.409. The fourth-order valence-corrected chi connectivity index (χ4v) is 3.46. The number of rotatable bonds is 5. The molecule has 114 valence electrons. The van der Waals surface area contributed by atoms with Gasteiger partial charge in [0.1, 0.15) is 6.54 Å². The Kier molecular flexibility index (Phi) is 4.09. The highest BCUT2D eigenvalue weighted by molar-refractivity contribution is 7.07. The Morgan fingerprint density at radius 1 is 1.18 bits per heavy atom. The molecule has 1 aromatic carbocycles. The number of nitrogens with one attached hydrogen (secondary N) is 1. The number of hydrogen-bond acceptors (Lipinski definition) is 3. The molecule has 0 radical (unpaired) electrons. The molecule has 4 nitrogen and oxygen atoms in total. The number of hydrogen-bond donors (Lipinski definition) is 1. The van der Waals surface area contributed by atoms with Gasteiger partial charge < -0.3 is 4.90 Å². The molecule has 0 spiro atoms. The number of thiophene rings is 1. The average Bonchev–Trinajstić information content (AvgIpc) is 3.10. The molecule has 22 heavy (non-hydrogen) atoms. The number of amides is 1. The minimum Gasteiger partial charge on any atom is -0.316 e. The van der Waals surface area contributed by atoms with Crippen LogP contribution in [-0.2, 0) is 17.8 Å². The number of benzene rings is 1. The monoisotopic (exact) mass is 315 g/mol. The topological polar surface area (TPSA) is 41.8 Å². The molecule has 2 heterocycles. The van der Waals surface area contributed by atoms with E-state index in [1.165, 1.54) is 10.5 Å². The second-order valence-electron chi connectivity index (χ2n) is 5.69. The van der Waals surface area contributed by atoms with Gasteiger partial charge in [0.05, 0.1) is 18.3 Å². The summed E-state index contributed by atoms with van der Waals surface area (Å²) in [5, 5.41) is 4.16. The van der Waals surface area contributed by atoms with Gasteiger partial charge in [0.2, 0.25) is 0 Å². The van der Waals surface area contributed by atoms with Crippen LogP contribution in [0, 0.1) is 0 Å². The van der Waals surface area contributed by atoms with Crippen molar-refractivity contribution in [3.63, 3.8) is 0 Å². The van der Waals surface area contributed by atoms with Gasteiger partial charge >= 0.3 is 5.91 Å². The number of aryl methyl sites for hydroxylation is 1. The third-order valence-electron chi connectivity index (χ3n) is 3.96. The number of anilines is 1. The van der Waals surface area contributed by atoms with E-state index in [-0.39, 0.29) is 5.78 Å². The Morgan fingerprint density at radius 3 is 2.68 bits per heavy atom. The molecule has 5 heteroatoms. The van der Waals surface area contributed by atoms with Crippen LogP contribution in [0.15, 0.2) is 35.0 Å². The standard InChI is InChI=1S/C17H18N2O2S/c1-3-12-4-5-15-14(8-12)16(20)17(21)19(15)11-18(2)9-13-6-7-22-10-13/h4-8,10H,3,9,11H2,1-2H3/p+1. The predicted molar refractivity (Wildman–Crippen MR) is 87.4 cm³/mol. The lowest BCUT2D eigenvalue weighted by molar-refractivity contribution is -0.892. The molecule has 1 N–H and O–H groups in total. The van der Waals surface area contributed by atoms with E-state index in [1.54, 1.807) is 16.2 Å². The zero-order valence-corrected chi connectivity index (χ0v) is 13.6. The van der Waals surface area contributed by atoms with Crippen molar-refractivity contribution in [1.82, 2.24) is 0 Å². The van der Waals surface area contributed by atoms with Crippen molar-refractivity contribution in [3.8, 4) is 0 Å². The first-order valence-corrected chi connectivity index (χ1v) is 8.36. The number of carbonyl (C=O) groups is 2. The van der Waals surface area contributed by atoms with E-state index < -0.39 is 5.91 Å². The van der Waals surface area contributed by atoms with E-state index >= 15 is 0 Å². The lowest BCUT2D eigenvalue weighted by Crippen LogP contribution is -3.09. The molecule has 0 bridgehead atoms. The zero-order valence-electron chi connectivity index (χ0n) is 12.8. The van der Waals surface area contributed by atoms with Crippen LogP contribution in [0.25, 0.3) is 0 Å². The summed E-state index contributed by atoms with van der Waals surface area (Å²) in [5.41, 5.74) is 3.63. The van der Waals surface area contributed by atoms with Crippen molar-refractivity contribution in [1.29, 1.82) is 0 Å². The molecular weight excluding hydrogens is 296 g/mol. The Morgan fingerprint density at radius 2 is 2.00 bits per heavy atom. The molecule has 0 fully saturated rings. The summed E-state index contributed by atoms with van der Waals surface area (Å²) < 4.78 is 0. The number of quaternary nitrogens is 1. The Labute approximate surface area is 134 Å². The molecule has 1 aromatic heterocycles. The Bertz CT molecular complexity index is 709.